The zero-order chi connectivity index (χ0) is 8.55. The van der Waals surface area contributed by atoms with Crippen LogP contribution in [0, 0.1) is 12.8 Å². The monoisotopic (exact) mass is 182 g/mol. The molecule has 2 rings (SSSR count). The van der Waals surface area contributed by atoms with Crippen LogP contribution < -0.4 is 5.73 Å². The molecule has 0 radical (unpaired) electrons. The topological polar surface area (TPSA) is 38.9 Å². The fourth-order valence-electron chi connectivity index (χ4n) is 1.50. The Hall–Kier alpha value is -0.410. The molecule has 1 aromatic heterocycles. The van der Waals surface area contributed by atoms with Gasteiger partial charge in [0, 0.05) is 17.0 Å². The summed E-state index contributed by atoms with van der Waals surface area (Å²) in [5.41, 5.74) is 8.42. The molecule has 1 aromatic rings. The molecule has 0 aromatic carbocycles. The van der Waals surface area contributed by atoms with Crippen LogP contribution >= 0.6 is 11.5 Å². The maximum atomic E-state index is 6.05. The molecule has 1 saturated carbocycles. The second-order valence-electron chi connectivity index (χ2n) is 3.64. The summed E-state index contributed by atoms with van der Waals surface area (Å²) in [6, 6.07) is 0.233. The van der Waals surface area contributed by atoms with Crippen molar-refractivity contribution in [1.29, 1.82) is 0 Å². The van der Waals surface area contributed by atoms with E-state index in [9.17, 15) is 0 Å². The number of hydrogen-bond donors (Lipinski definition) is 1. The highest BCUT2D eigenvalue weighted by atomic mass is 32.1. The molecule has 0 spiro atoms. The minimum atomic E-state index is 0.233. The van der Waals surface area contributed by atoms with Crippen LogP contribution in [0.1, 0.15) is 36.6 Å². The van der Waals surface area contributed by atoms with Gasteiger partial charge in [0.1, 0.15) is 0 Å². The molecule has 2 N–H and O–H groups in total. The summed E-state index contributed by atoms with van der Waals surface area (Å²) in [5, 5.41) is 2.09. The molecule has 1 heterocycles. The standard InChI is InChI=1S/C9H14N2S/c1-6-8(5-12-11-6)9(10)4-7-2-3-7/h5,7,9H,2-4,10H2,1H3. The summed E-state index contributed by atoms with van der Waals surface area (Å²) in [7, 11) is 0. The van der Waals surface area contributed by atoms with Crippen molar-refractivity contribution < 1.29 is 0 Å². The van der Waals surface area contributed by atoms with E-state index < -0.39 is 0 Å². The molecule has 3 heteroatoms. The van der Waals surface area contributed by atoms with Gasteiger partial charge in [0.2, 0.25) is 0 Å². The summed E-state index contributed by atoms with van der Waals surface area (Å²) in [6.45, 7) is 2.04. The Balaban J connectivity index is 2.02. The normalized spacial score (nSPS) is 19.5. The maximum Gasteiger partial charge on any atom is 0.0558 e. The summed E-state index contributed by atoms with van der Waals surface area (Å²) in [5.74, 6) is 0.902. The predicted molar refractivity (Wildman–Crippen MR) is 51.1 cm³/mol. The molecule has 66 valence electrons. The van der Waals surface area contributed by atoms with Crippen molar-refractivity contribution in [2.75, 3.05) is 0 Å². The highest BCUT2D eigenvalue weighted by Crippen LogP contribution is 2.37. The summed E-state index contributed by atoms with van der Waals surface area (Å²) < 4.78 is 4.23. The molecular weight excluding hydrogens is 168 g/mol. The van der Waals surface area contributed by atoms with Gasteiger partial charge >= 0.3 is 0 Å². The van der Waals surface area contributed by atoms with E-state index in [-0.39, 0.29) is 6.04 Å². The molecular formula is C9H14N2S. The first-order valence-electron chi connectivity index (χ1n) is 4.44. The average Bonchev–Trinajstić information content (AvgIpc) is 2.72. The number of nitrogens with zero attached hydrogens (tertiary/aromatic N) is 1. The van der Waals surface area contributed by atoms with Gasteiger partial charge in [0.15, 0.2) is 0 Å². The van der Waals surface area contributed by atoms with Crippen LogP contribution in [0.3, 0.4) is 0 Å². The van der Waals surface area contributed by atoms with E-state index in [2.05, 4.69) is 9.75 Å². The Morgan fingerprint density at radius 3 is 3.00 bits per heavy atom. The fourth-order valence-corrected chi connectivity index (χ4v) is 2.27. The van der Waals surface area contributed by atoms with Gasteiger partial charge < -0.3 is 5.73 Å². The quantitative estimate of drug-likeness (QED) is 0.778. The van der Waals surface area contributed by atoms with E-state index in [1.54, 1.807) is 0 Å². The zero-order valence-electron chi connectivity index (χ0n) is 7.29. The van der Waals surface area contributed by atoms with E-state index >= 15 is 0 Å². The first-order valence-corrected chi connectivity index (χ1v) is 5.27. The Bertz CT molecular complexity index is 265. The third-order valence-electron chi connectivity index (χ3n) is 2.47. The Morgan fingerprint density at radius 2 is 2.50 bits per heavy atom. The molecule has 0 aliphatic heterocycles. The van der Waals surface area contributed by atoms with Gasteiger partial charge in [-0.3, -0.25) is 0 Å². The zero-order valence-corrected chi connectivity index (χ0v) is 8.10. The van der Waals surface area contributed by atoms with Crippen LogP contribution in [0.4, 0.5) is 0 Å². The number of nitrogens with two attached hydrogens (primary N) is 1. The van der Waals surface area contributed by atoms with Crippen LogP contribution in [0.25, 0.3) is 0 Å². The Kier molecular flexibility index (Phi) is 2.15. The number of hydrogen-bond acceptors (Lipinski definition) is 3. The van der Waals surface area contributed by atoms with Crippen LogP contribution in [0.5, 0.6) is 0 Å². The summed E-state index contributed by atoms with van der Waals surface area (Å²) in [4.78, 5) is 0. The molecule has 1 atom stereocenters. The molecule has 0 amide bonds. The van der Waals surface area contributed by atoms with Crippen LogP contribution in [-0.4, -0.2) is 4.37 Å². The summed E-state index contributed by atoms with van der Waals surface area (Å²) >= 11 is 1.51. The first-order chi connectivity index (χ1) is 5.77. The van der Waals surface area contributed by atoms with E-state index in [4.69, 9.17) is 5.73 Å². The van der Waals surface area contributed by atoms with Gasteiger partial charge in [-0.1, -0.05) is 12.8 Å². The van der Waals surface area contributed by atoms with E-state index in [1.165, 1.54) is 29.9 Å². The molecule has 0 saturated heterocycles. The van der Waals surface area contributed by atoms with Crippen LogP contribution in [0.15, 0.2) is 5.38 Å². The first kappa shape index (κ1) is 8.20. The lowest BCUT2D eigenvalue weighted by atomic mass is 10.0. The molecule has 1 aliphatic carbocycles. The minimum absolute atomic E-state index is 0.233. The second kappa shape index (κ2) is 3.15. The summed E-state index contributed by atoms with van der Waals surface area (Å²) in [6.07, 6.45) is 3.91. The van der Waals surface area contributed by atoms with Gasteiger partial charge in [0.05, 0.1) is 5.69 Å². The SMILES string of the molecule is Cc1nscc1C(N)CC1CC1. The smallest absolute Gasteiger partial charge is 0.0558 e. The van der Waals surface area contributed by atoms with Gasteiger partial charge in [0.25, 0.3) is 0 Å². The number of aryl methyl sites for hydroxylation is 1. The van der Waals surface area contributed by atoms with Gasteiger partial charge in [-0.25, -0.2) is 0 Å². The lowest BCUT2D eigenvalue weighted by molar-refractivity contribution is 0.595. The van der Waals surface area contributed by atoms with Crippen molar-refractivity contribution in [2.24, 2.45) is 11.7 Å². The van der Waals surface area contributed by atoms with Crippen molar-refractivity contribution in [1.82, 2.24) is 4.37 Å². The van der Waals surface area contributed by atoms with E-state index in [1.807, 2.05) is 6.92 Å². The van der Waals surface area contributed by atoms with Gasteiger partial charge in [-0.15, -0.1) is 0 Å². The number of rotatable bonds is 3. The fraction of sp³-hybridized carbons (Fsp3) is 0.667. The minimum Gasteiger partial charge on any atom is -0.324 e. The maximum absolute atomic E-state index is 6.05. The Labute approximate surface area is 77.0 Å². The molecule has 1 unspecified atom stereocenters. The lowest BCUT2D eigenvalue weighted by Crippen LogP contribution is -2.11. The molecule has 2 nitrogen and oxygen atoms in total. The highest BCUT2D eigenvalue weighted by Gasteiger charge is 2.25. The third-order valence-corrected chi connectivity index (χ3v) is 3.21. The molecule has 1 fully saturated rings. The molecule has 0 bridgehead atoms. The highest BCUT2D eigenvalue weighted by molar-refractivity contribution is 7.03. The molecule has 1 aliphatic rings. The molecule has 12 heavy (non-hydrogen) atoms. The van der Waals surface area contributed by atoms with Crippen molar-refractivity contribution in [2.45, 2.75) is 32.2 Å². The largest absolute Gasteiger partial charge is 0.324 e. The van der Waals surface area contributed by atoms with Crippen molar-refractivity contribution in [3.8, 4) is 0 Å². The Morgan fingerprint density at radius 1 is 1.75 bits per heavy atom. The van der Waals surface area contributed by atoms with Gasteiger partial charge in [-0.05, 0) is 30.8 Å². The van der Waals surface area contributed by atoms with E-state index in [0.29, 0.717) is 0 Å². The van der Waals surface area contributed by atoms with Crippen LogP contribution in [-0.2, 0) is 0 Å². The van der Waals surface area contributed by atoms with Crippen molar-refractivity contribution in [3.63, 3.8) is 0 Å². The van der Waals surface area contributed by atoms with Gasteiger partial charge in [-0.2, -0.15) is 4.37 Å². The van der Waals surface area contributed by atoms with Crippen LogP contribution in [0.2, 0.25) is 0 Å². The van der Waals surface area contributed by atoms with Crippen molar-refractivity contribution >= 4 is 11.5 Å². The van der Waals surface area contributed by atoms with E-state index in [0.717, 1.165) is 18.0 Å². The van der Waals surface area contributed by atoms with Crippen molar-refractivity contribution in [3.05, 3.63) is 16.6 Å². The predicted octanol–water partition coefficient (Wildman–Crippen LogP) is 2.25. The number of aromatic nitrogens is 1. The average molecular weight is 182 g/mol. The lowest BCUT2D eigenvalue weighted by Gasteiger charge is -2.08. The third kappa shape index (κ3) is 1.67. The second-order valence-corrected chi connectivity index (χ2v) is 4.27.